The first-order valence-electron chi connectivity index (χ1n) is 22.1. The third-order valence-corrected chi connectivity index (χ3v) is 13.4. The lowest BCUT2D eigenvalue weighted by Crippen LogP contribution is -2.14. The van der Waals surface area contributed by atoms with Crippen molar-refractivity contribution in [2.24, 2.45) is 0 Å². The highest BCUT2D eigenvalue weighted by Crippen LogP contribution is 2.50. The normalized spacial score (nSPS) is 12.9. The molecule has 1 aliphatic carbocycles. The van der Waals surface area contributed by atoms with Crippen molar-refractivity contribution in [2.45, 2.75) is 19.3 Å². The lowest BCUT2D eigenvalue weighted by atomic mass is 9.81. The first-order valence-corrected chi connectivity index (χ1v) is 22.1. The van der Waals surface area contributed by atoms with Crippen molar-refractivity contribution < 1.29 is 8.83 Å². The van der Waals surface area contributed by atoms with E-state index in [1.54, 1.807) is 0 Å². The number of hydrogen-bond acceptors (Lipinski definition) is 5. The summed E-state index contributed by atoms with van der Waals surface area (Å²) < 4.78 is 12.9. The number of hydrogen-bond donors (Lipinski definition) is 0. The Labute approximate surface area is 375 Å². The van der Waals surface area contributed by atoms with Crippen LogP contribution in [0.5, 0.6) is 0 Å². The number of nitrogens with zero attached hydrogens (tertiary/aromatic N) is 3. The highest BCUT2D eigenvalue weighted by molar-refractivity contribution is 6.14. The van der Waals surface area contributed by atoms with Gasteiger partial charge in [0.15, 0.2) is 17.5 Å². The molecule has 0 spiro atoms. The van der Waals surface area contributed by atoms with E-state index in [2.05, 4.69) is 166 Å². The Kier molecular flexibility index (Phi) is 8.18. The van der Waals surface area contributed by atoms with Crippen molar-refractivity contribution in [2.75, 3.05) is 0 Å². The number of para-hydroxylation sites is 1. The second kappa shape index (κ2) is 14.3. The summed E-state index contributed by atoms with van der Waals surface area (Å²) in [6.07, 6.45) is 0. The molecule has 1 aliphatic rings. The molecule has 65 heavy (non-hydrogen) atoms. The van der Waals surface area contributed by atoms with Crippen LogP contribution in [0, 0.1) is 0 Å². The number of fused-ring (bicyclic) bond motifs is 9. The average molecular weight is 834 g/mol. The molecular formula is C60H39N3O2. The fourth-order valence-corrected chi connectivity index (χ4v) is 10.1. The molecule has 0 unspecified atom stereocenters. The van der Waals surface area contributed by atoms with Gasteiger partial charge in [0.05, 0.1) is 0 Å². The molecule has 5 nitrogen and oxygen atoms in total. The molecule has 0 aliphatic heterocycles. The molecule has 3 heterocycles. The van der Waals surface area contributed by atoms with Crippen LogP contribution in [0.3, 0.4) is 0 Å². The molecule has 0 atom stereocenters. The van der Waals surface area contributed by atoms with E-state index in [0.29, 0.717) is 17.5 Å². The summed E-state index contributed by atoms with van der Waals surface area (Å²) in [5, 5.41) is 3.94. The van der Waals surface area contributed by atoms with Gasteiger partial charge in [-0.2, -0.15) is 0 Å². The Morgan fingerprint density at radius 2 is 0.769 bits per heavy atom. The minimum Gasteiger partial charge on any atom is -0.456 e. The summed E-state index contributed by atoms with van der Waals surface area (Å²) in [5.41, 5.74) is 18.1. The van der Waals surface area contributed by atoms with Crippen molar-refractivity contribution in [1.82, 2.24) is 15.0 Å². The fraction of sp³-hybridized carbons (Fsp3) is 0.0500. The number of aromatic nitrogens is 3. The molecule has 3 aromatic heterocycles. The first kappa shape index (κ1) is 37.2. The van der Waals surface area contributed by atoms with Crippen LogP contribution >= 0.6 is 0 Å². The van der Waals surface area contributed by atoms with Crippen LogP contribution in [0.4, 0.5) is 0 Å². The Bertz CT molecular complexity index is 3840. The minimum absolute atomic E-state index is 0.0508. The van der Waals surface area contributed by atoms with Gasteiger partial charge in [0.2, 0.25) is 0 Å². The topological polar surface area (TPSA) is 65.0 Å². The minimum atomic E-state index is -0.0508. The zero-order chi connectivity index (χ0) is 43.2. The largest absolute Gasteiger partial charge is 0.456 e. The summed E-state index contributed by atoms with van der Waals surface area (Å²) in [4.78, 5) is 15.7. The van der Waals surface area contributed by atoms with E-state index >= 15 is 0 Å². The lowest BCUT2D eigenvalue weighted by Gasteiger charge is -2.22. The van der Waals surface area contributed by atoms with Gasteiger partial charge in [-0.05, 0) is 92.0 Å². The standard InChI is InChI=1S/C60H39N3O2/c1-60(2)49-18-8-6-14-43(49)44-32-30-42(35-50(44)60)39-24-22-38(23-25-39)41-31-33-52-48(34-41)56-47(17-11-21-54(56)65-52)59-62-57(40-28-26-37(27-29-40)36-12-4-3-5-13-36)61-58(63-59)46-16-10-20-53-55(46)45-15-7-9-19-51(45)64-53/h3-35H,1-2H3. The van der Waals surface area contributed by atoms with E-state index in [-0.39, 0.29) is 5.41 Å². The van der Waals surface area contributed by atoms with E-state index < -0.39 is 0 Å². The maximum absolute atomic E-state index is 6.56. The SMILES string of the molecule is CC1(C)c2ccccc2-c2ccc(-c3ccc(-c4ccc5oc6cccc(-c7nc(-c8ccc(-c9ccccc9)cc8)nc(-c8cccc9oc%10ccccc%10c89)n7)c6c5c4)cc3)cc21. The Morgan fingerprint density at radius 1 is 0.308 bits per heavy atom. The molecule has 5 heteroatoms. The van der Waals surface area contributed by atoms with Crippen LogP contribution in [-0.4, -0.2) is 15.0 Å². The van der Waals surface area contributed by atoms with Gasteiger partial charge in [0.25, 0.3) is 0 Å². The zero-order valence-corrected chi connectivity index (χ0v) is 35.7. The predicted octanol–water partition coefficient (Wildman–Crippen LogP) is 16.0. The maximum atomic E-state index is 6.56. The highest BCUT2D eigenvalue weighted by Gasteiger charge is 2.35. The van der Waals surface area contributed by atoms with Crippen molar-refractivity contribution >= 4 is 43.9 Å². The number of furan rings is 2. The zero-order valence-electron chi connectivity index (χ0n) is 35.7. The molecule has 12 aromatic rings. The van der Waals surface area contributed by atoms with Crippen LogP contribution in [0.1, 0.15) is 25.0 Å². The molecule has 0 fully saturated rings. The van der Waals surface area contributed by atoms with Crippen LogP contribution in [-0.2, 0) is 5.41 Å². The van der Waals surface area contributed by atoms with Crippen molar-refractivity contribution in [1.29, 1.82) is 0 Å². The molecule has 0 amide bonds. The van der Waals surface area contributed by atoms with Gasteiger partial charge in [-0.15, -0.1) is 0 Å². The van der Waals surface area contributed by atoms with Crippen molar-refractivity contribution in [3.8, 4) is 78.7 Å². The molecule has 306 valence electrons. The van der Waals surface area contributed by atoms with Crippen LogP contribution in [0.2, 0.25) is 0 Å². The van der Waals surface area contributed by atoms with Gasteiger partial charge < -0.3 is 8.83 Å². The van der Waals surface area contributed by atoms with Crippen LogP contribution in [0.15, 0.2) is 209 Å². The Balaban J connectivity index is 0.928. The number of benzene rings is 9. The van der Waals surface area contributed by atoms with E-state index in [9.17, 15) is 0 Å². The third-order valence-electron chi connectivity index (χ3n) is 13.4. The summed E-state index contributed by atoms with van der Waals surface area (Å²) >= 11 is 0. The summed E-state index contributed by atoms with van der Waals surface area (Å²) in [6, 6.07) is 70.2. The summed E-state index contributed by atoms with van der Waals surface area (Å²) in [7, 11) is 0. The summed E-state index contributed by atoms with van der Waals surface area (Å²) in [6.45, 7) is 4.66. The Hall–Kier alpha value is -8.41. The second-order valence-corrected chi connectivity index (χ2v) is 17.5. The second-order valence-electron chi connectivity index (χ2n) is 17.5. The predicted molar refractivity (Wildman–Crippen MR) is 265 cm³/mol. The van der Waals surface area contributed by atoms with Gasteiger partial charge in [-0.25, -0.2) is 15.0 Å². The molecule has 0 saturated heterocycles. The monoisotopic (exact) mass is 833 g/mol. The average Bonchev–Trinajstić information content (AvgIpc) is 4.01. The van der Waals surface area contributed by atoms with E-state index in [1.807, 2.05) is 48.5 Å². The van der Waals surface area contributed by atoms with Crippen LogP contribution in [0.25, 0.3) is 123 Å². The molecule has 13 rings (SSSR count). The highest BCUT2D eigenvalue weighted by atomic mass is 16.3. The van der Waals surface area contributed by atoms with Crippen molar-refractivity contribution in [3.63, 3.8) is 0 Å². The van der Waals surface area contributed by atoms with Crippen LogP contribution < -0.4 is 0 Å². The van der Waals surface area contributed by atoms with Crippen molar-refractivity contribution in [3.05, 3.63) is 211 Å². The van der Waals surface area contributed by atoms with Gasteiger partial charge in [0.1, 0.15) is 22.3 Å². The lowest BCUT2D eigenvalue weighted by molar-refractivity contribution is 0.660. The Morgan fingerprint density at radius 3 is 1.48 bits per heavy atom. The van der Waals surface area contributed by atoms with E-state index in [4.69, 9.17) is 23.8 Å². The fourth-order valence-electron chi connectivity index (χ4n) is 10.1. The van der Waals surface area contributed by atoms with Gasteiger partial charge in [0, 0.05) is 43.7 Å². The molecule has 9 aromatic carbocycles. The quantitative estimate of drug-likeness (QED) is 0.167. The summed E-state index contributed by atoms with van der Waals surface area (Å²) in [5.74, 6) is 1.71. The molecule has 0 bridgehead atoms. The van der Waals surface area contributed by atoms with E-state index in [0.717, 1.165) is 82.8 Å². The molecule has 0 radical (unpaired) electrons. The maximum Gasteiger partial charge on any atom is 0.164 e. The molecule has 0 N–H and O–H groups in total. The van der Waals surface area contributed by atoms with Gasteiger partial charge >= 0.3 is 0 Å². The van der Waals surface area contributed by atoms with E-state index in [1.165, 1.54) is 33.4 Å². The smallest absolute Gasteiger partial charge is 0.164 e. The number of rotatable bonds is 6. The van der Waals surface area contributed by atoms with Gasteiger partial charge in [-0.3, -0.25) is 0 Å². The molecular weight excluding hydrogens is 795 g/mol. The van der Waals surface area contributed by atoms with Gasteiger partial charge in [-0.1, -0.05) is 178 Å². The molecule has 0 saturated carbocycles. The first-order chi connectivity index (χ1) is 31.9. The third kappa shape index (κ3) is 5.97.